The largest absolute Gasteiger partial charge is 0.349 e. The molecule has 2 aromatic carbocycles. The fourth-order valence-corrected chi connectivity index (χ4v) is 4.49. The highest BCUT2D eigenvalue weighted by molar-refractivity contribution is 6.11. The van der Waals surface area contributed by atoms with Crippen LogP contribution in [0.2, 0.25) is 0 Å². The molecule has 5 rings (SSSR count). The van der Waals surface area contributed by atoms with Crippen LogP contribution in [0.5, 0.6) is 0 Å². The number of hydrogen-bond acceptors (Lipinski definition) is 4. The summed E-state index contributed by atoms with van der Waals surface area (Å²) in [6.45, 7) is 1.64. The van der Waals surface area contributed by atoms with Gasteiger partial charge in [-0.3, -0.25) is 24.1 Å². The fourth-order valence-electron chi connectivity index (χ4n) is 4.49. The highest BCUT2D eigenvalue weighted by Gasteiger charge is 2.53. The summed E-state index contributed by atoms with van der Waals surface area (Å²) in [6, 6.07) is 13.9. The van der Waals surface area contributed by atoms with Crippen LogP contribution in [0.4, 0.5) is 11.4 Å². The van der Waals surface area contributed by atoms with Crippen LogP contribution in [0.15, 0.2) is 48.5 Å². The second-order valence-corrected chi connectivity index (χ2v) is 8.73. The Kier molecular flexibility index (Phi) is 4.73. The summed E-state index contributed by atoms with van der Waals surface area (Å²) in [4.78, 5) is 53.9. The molecule has 2 aromatic rings. The van der Waals surface area contributed by atoms with E-state index in [4.69, 9.17) is 0 Å². The van der Waals surface area contributed by atoms with Crippen LogP contribution in [0.25, 0.3) is 0 Å². The highest BCUT2D eigenvalue weighted by atomic mass is 16.2. The van der Waals surface area contributed by atoms with Crippen LogP contribution in [0.1, 0.15) is 53.3 Å². The van der Waals surface area contributed by atoms with Crippen molar-refractivity contribution in [2.45, 2.75) is 44.3 Å². The van der Waals surface area contributed by atoms with Gasteiger partial charge in [-0.05, 0) is 62.6 Å². The number of amides is 4. The third-order valence-electron chi connectivity index (χ3n) is 6.39. The molecule has 2 heterocycles. The van der Waals surface area contributed by atoms with Crippen LogP contribution >= 0.6 is 0 Å². The molecule has 2 aliphatic heterocycles. The van der Waals surface area contributed by atoms with E-state index in [0.29, 0.717) is 35.3 Å². The standard InChI is InChI=1S/C24H24N4O4/c1-24-13-12-21(30)28(24)19-5-3-2-4-18(19)23(32)27(24)14-20(29)25-16-8-6-15(7-9-16)22(31)26-17-10-11-17/h2-9,17H,10-14H2,1H3,(H,25,29)(H,26,31)/t24-/m0/s1. The summed E-state index contributed by atoms with van der Waals surface area (Å²) in [7, 11) is 0. The smallest absolute Gasteiger partial charge is 0.258 e. The minimum Gasteiger partial charge on any atom is -0.349 e. The van der Waals surface area contributed by atoms with Crippen LogP contribution in [0.3, 0.4) is 0 Å². The Morgan fingerprint density at radius 2 is 1.78 bits per heavy atom. The van der Waals surface area contributed by atoms with Crippen molar-refractivity contribution >= 4 is 35.0 Å². The summed E-state index contributed by atoms with van der Waals surface area (Å²) in [5, 5.41) is 5.72. The van der Waals surface area contributed by atoms with Gasteiger partial charge >= 0.3 is 0 Å². The summed E-state index contributed by atoms with van der Waals surface area (Å²) < 4.78 is 0. The topological polar surface area (TPSA) is 98.8 Å². The van der Waals surface area contributed by atoms with Gasteiger partial charge in [0.05, 0.1) is 11.3 Å². The molecule has 8 heteroatoms. The van der Waals surface area contributed by atoms with Gasteiger partial charge in [-0.25, -0.2) is 0 Å². The van der Waals surface area contributed by atoms with Crippen molar-refractivity contribution < 1.29 is 19.2 Å². The van der Waals surface area contributed by atoms with E-state index in [1.807, 2.05) is 6.92 Å². The van der Waals surface area contributed by atoms with Gasteiger partial charge in [0, 0.05) is 23.7 Å². The van der Waals surface area contributed by atoms with E-state index in [1.165, 1.54) is 4.90 Å². The maximum absolute atomic E-state index is 13.2. The number of nitrogens with zero attached hydrogens (tertiary/aromatic N) is 2. The first-order chi connectivity index (χ1) is 15.4. The lowest BCUT2D eigenvalue weighted by Gasteiger charge is -2.48. The summed E-state index contributed by atoms with van der Waals surface area (Å²) in [5.41, 5.74) is 1.20. The molecule has 164 valence electrons. The Balaban J connectivity index is 1.32. The van der Waals surface area contributed by atoms with Gasteiger partial charge in [0.25, 0.3) is 11.8 Å². The third-order valence-corrected chi connectivity index (χ3v) is 6.39. The molecule has 0 radical (unpaired) electrons. The van der Waals surface area contributed by atoms with E-state index >= 15 is 0 Å². The normalized spacial score (nSPS) is 21.8. The van der Waals surface area contributed by atoms with Crippen LogP contribution in [-0.2, 0) is 9.59 Å². The Hall–Kier alpha value is -3.68. The first-order valence-corrected chi connectivity index (χ1v) is 10.8. The van der Waals surface area contributed by atoms with Gasteiger partial charge in [0.2, 0.25) is 11.8 Å². The number of carbonyl (C=O) groups excluding carboxylic acids is 4. The second-order valence-electron chi connectivity index (χ2n) is 8.73. The highest BCUT2D eigenvalue weighted by Crippen LogP contribution is 2.43. The molecule has 0 unspecified atom stereocenters. The zero-order chi connectivity index (χ0) is 22.5. The van der Waals surface area contributed by atoms with Crippen molar-refractivity contribution in [2.75, 3.05) is 16.8 Å². The quantitative estimate of drug-likeness (QED) is 0.759. The Bertz CT molecular complexity index is 1130. The lowest BCUT2D eigenvalue weighted by Crippen LogP contribution is -2.63. The molecule has 2 fully saturated rings. The van der Waals surface area contributed by atoms with Crippen LogP contribution < -0.4 is 15.5 Å². The average molecular weight is 432 g/mol. The molecule has 32 heavy (non-hydrogen) atoms. The zero-order valence-electron chi connectivity index (χ0n) is 17.8. The number of hydrogen-bond donors (Lipinski definition) is 2. The Morgan fingerprint density at radius 1 is 1.06 bits per heavy atom. The molecule has 0 aromatic heterocycles. The first kappa shape index (κ1) is 20.2. The molecule has 3 aliphatic rings. The number of rotatable bonds is 5. The van der Waals surface area contributed by atoms with Gasteiger partial charge in [-0.1, -0.05) is 12.1 Å². The summed E-state index contributed by atoms with van der Waals surface area (Å²) >= 11 is 0. The van der Waals surface area contributed by atoms with Crippen LogP contribution in [-0.4, -0.2) is 46.8 Å². The van der Waals surface area contributed by atoms with Crippen molar-refractivity contribution in [3.05, 3.63) is 59.7 Å². The molecule has 2 N–H and O–H groups in total. The molecule has 1 atom stereocenters. The molecule has 1 aliphatic carbocycles. The number of fused-ring (bicyclic) bond motifs is 3. The molecule has 4 amide bonds. The maximum Gasteiger partial charge on any atom is 0.258 e. The summed E-state index contributed by atoms with van der Waals surface area (Å²) in [6.07, 6.45) is 2.81. The predicted molar refractivity (Wildman–Crippen MR) is 118 cm³/mol. The number of para-hydroxylation sites is 1. The minimum atomic E-state index is -0.884. The third kappa shape index (κ3) is 3.41. The molecule has 8 nitrogen and oxygen atoms in total. The Labute approximate surface area is 185 Å². The molecule has 1 saturated heterocycles. The van der Waals surface area contributed by atoms with E-state index in [1.54, 1.807) is 53.4 Å². The molecule has 0 bridgehead atoms. The minimum absolute atomic E-state index is 0.0575. The second kappa shape index (κ2) is 7.47. The van der Waals surface area contributed by atoms with Crippen molar-refractivity contribution in [2.24, 2.45) is 0 Å². The van der Waals surface area contributed by atoms with E-state index < -0.39 is 5.66 Å². The molecular formula is C24H24N4O4. The maximum atomic E-state index is 13.2. The van der Waals surface area contributed by atoms with Crippen molar-refractivity contribution in [1.82, 2.24) is 10.2 Å². The average Bonchev–Trinajstić information content (AvgIpc) is 3.54. The zero-order valence-corrected chi connectivity index (χ0v) is 17.8. The monoisotopic (exact) mass is 432 g/mol. The summed E-state index contributed by atoms with van der Waals surface area (Å²) in [5.74, 6) is -0.815. The molecule has 0 spiro atoms. The lowest BCUT2D eigenvalue weighted by molar-refractivity contribution is -0.120. The van der Waals surface area contributed by atoms with Crippen LogP contribution in [0, 0.1) is 0 Å². The van der Waals surface area contributed by atoms with E-state index in [0.717, 1.165) is 12.8 Å². The Morgan fingerprint density at radius 3 is 2.50 bits per heavy atom. The van der Waals surface area contributed by atoms with Gasteiger partial charge in [-0.15, -0.1) is 0 Å². The molecule has 1 saturated carbocycles. The van der Waals surface area contributed by atoms with E-state index in [-0.39, 0.29) is 36.2 Å². The first-order valence-electron chi connectivity index (χ1n) is 10.8. The number of benzene rings is 2. The van der Waals surface area contributed by atoms with Gasteiger partial charge in [0.15, 0.2) is 0 Å². The van der Waals surface area contributed by atoms with Crippen molar-refractivity contribution in [3.63, 3.8) is 0 Å². The molecular weight excluding hydrogens is 408 g/mol. The predicted octanol–water partition coefficient (Wildman–Crippen LogP) is 2.52. The SMILES string of the molecule is C[C@@]12CCC(=O)N1c1ccccc1C(=O)N2CC(=O)Nc1ccc(C(=O)NC2CC2)cc1. The number of anilines is 2. The fraction of sp³-hybridized carbons (Fsp3) is 0.333. The van der Waals surface area contributed by atoms with Crippen molar-refractivity contribution in [1.29, 1.82) is 0 Å². The number of carbonyl (C=O) groups is 4. The van der Waals surface area contributed by atoms with E-state index in [2.05, 4.69) is 10.6 Å². The number of nitrogens with one attached hydrogen (secondary N) is 2. The van der Waals surface area contributed by atoms with Gasteiger partial charge in [-0.2, -0.15) is 0 Å². The van der Waals surface area contributed by atoms with Gasteiger partial charge in [0.1, 0.15) is 12.2 Å². The van der Waals surface area contributed by atoms with E-state index in [9.17, 15) is 19.2 Å². The van der Waals surface area contributed by atoms with Crippen molar-refractivity contribution in [3.8, 4) is 0 Å². The lowest BCUT2D eigenvalue weighted by atomic mass is 9.98. The van der Waals surface area contributed by atoms with Gasteiger partial charge < -0.3 is 15.5 Å².